The van der Waals surface area contributed by atoms with E-state index in [0.29, 0.717) is 28.4 Å². The van der Waals surface area contributed by atoms with Crippen molar-refractivity contribution >= 4 is 101 Å². The predicted octanol–water partition coefficient (Wildman–Crippen LogP) is 27.1. The number of aromatic nitrogens is 2. The first-order chi connectivity index (χ1) is 63.6. The Labute approximate surface area is 708 Å². The van der Waals surface area contributed by atoms with Crippen LogP contribution in [0.1, 0.15) is 99.7 Å². The maximum absolute atomic E-state index is 10.9. The van der Waals surface area contributed by atoms with Crippen LogP contribution in [0.5, 0.6) is 0 Å². The number of anilines is 6. The van der Waals surface area contributed by atoms with Gasteiger partial charge in [0.1, 0.15) is 0 Å². The number of benzene rings is 17. The van der Waals surface area contributed by atoms with E-state index in [0.717, 1.165) is 139 Å². The van der Waals surface area contributed by atoms with Crippen LogP contribution in [0, 0.1) is 11.3 Å². The molecule has 2 aliphatic carbocycles. The first-order valence-electron chi connectivity index (χ1n) is 47.2. The zero-order valence-electron chi connectivity index (χ0n) is 79.5. The van der Waals surface area contributed by atoms with E-state index in [9.17, 15) is 24.5 Å². The van der Waals surface area contributed by atoms with Gasteiger partial charge in [0.15, 0.2) is 0 Å². The molecule has 0 bridgehead atoms. The lowest BCUT2D eigenvalue weighted by Crippen LogP contribution is -2.61. The summed E-state index contributed by atoms with van der Waals surface area (Å²) in [4.78, 5) is 4.77. The molecule has 0 saturated carbocycles. The molecule has 0 N–H and O–H groups in total. The molecule has 0 radical (unpaired) electrons. The predicted molar refractivity (Wildman–Crippen MR) is 495 cm³/mol. The Balaban J connectivity index is 0.957. The number of nitriles is 1. The monoisotopic (exact) mass is 1520 g/mol. The van der Waals surface area contributed by atoms with Crippen LogP contribution in [-0.2, 0) is 16.2 Å². The highest BCUT2D eigenvalue weighted by Gasteiger charge is 2.54. The highest BCUT2D eigenvalue weighted by Crippen LogP contribution is 2.66. The van der Waals surface area contributed by atoms with Crippen LogP contribution in [0.15, 0.2) is 376 Å². The van der Waals surface area contributed by atoms with Gasteiger partial charge in [-0.1, -0.05) is 326 Å². The Morgan fingerprint density at radius 2 is 0.712 bits per heavy atom. The van der Waals surface area contributed by atoms with Crippen molar-refractivity contribution in [1.82, 2.24) is 9.13 Å². The van der Waals surface area contributed by atoms with E-state index in [-0.39, 0.29) is 67.3 Å². The van der Waals surface area contributed by atoms with Crippen molar-refractivity contribution in [3.8, 4) is 95.3 Å². The van der Waals surface area contributed by atoms with E-state index in [1.165, 1.54) is 0 Å². The Hall–Kier alpha value is -14.5. The normalized spacial score (nSPS) is 15.0. The van der Waals surface area contributed by atoms with Crippen molar-refractivity contribution in [3.05, 3.63) is 415 Å². The van der Waals surface area contributed by atoms with Gasteiger partial charge in [-0.25, -0.2) is 0 Å². The molecule has 1 spiro atoms. The van der Waals surface area contributed by atoms with Crippen LogP contribution in [0.2, 0.25) is 0 Å². The summed E-state index contributed by atoms with van der Waals surface area (Å²) in [6.07, 6.45) is 0. The quantitative estimate of drug-likeness (QED) is 0.135. The zero-order chi connectivity index (χ0) is 91.2. The number of hydrogen-bond donors (Lipinski definition) is 0. The molecule has 556 valence electrons. The van der Waals surface area contributed by atoms with E-state index < -0.39 is 95.0 Å². The molecular weight excluding hydrogens is 1430 g/mol. The van der Waals surface area contributed by atoms with Crippen molar-refractivity contribution in [2.24, 2.45) is 0 Å². The molecule has 0 fully saturated rings. The lowest BCUT2D eigenvalue weighted by Gasteiger charge is -2.46. The van der Waals surface area contributed by atoms with Crippen molar-refractivity contribution in [2.45, 2.75) is 57.8 Å². The van der Waals surface area contributed by atoms with Crippen LogP contribution in [0.4, 0.5) is 34.1 Å². The molecule has 17 aromatic carbocycles. The molecule has 0 atom stereocenters. The summed E-state index contributed by atoms with van der Waals surface area (Å²) in [7, 11) is 0. The summed E-state index contributed by atoms with van der Waals surface area (Å²) >= 11 is 0. The molecule has 23 rings (SSSR count). The smallest absolute Gasteiger partial charge is 0.252 e. The van der Waals surface area contributed by atoms with Crippen molar-refractivity contribution in [2.75, 3.05) is 9.80 Å². The number of rotatable bonds is 9. The summed E-state index contributed by atoms with van der Waals surface area (Å²) in [5, 5.41) is 10.8. The Kier molecular flexibility index (Phi) is 12.3. The fraction of sp³-hybridized carbons (Fsp3) is 0.0804. The van der Waals surface area contributed by atoms with Crippen LogP contribution in [0.3, 0.4) is 0 Å². The Bertz CT molecular complexity index is 8200. The number of para-hydroxylation sites is 3. The molecule has 2 aliphatic heterocycles. The first kappa shape index (κ1) is 55.9. The van der Waals surface area contributed by atoms with Gasteiger partial charge in [0.25, 0.3) is 6.71 Å². The van der Waals surface area contributed by atoms with Gasteiger partial charge < -0.3 is 18.9 Å². The molecule has 0 unspecified atom stereocenters. The fourth-order valence-electron chi connectivity index (χ4n) is 19.7. The van der Waals surface area contributed by atoms with Crippen LogP contribution >= 0.6 is 0 Å². The second-order valence-electron chi connectivity index (χ2n) is 33.4. The van der Waals surface area contributed by atoms with E-state index in [1.807, 2.05) is 130 Å². The molecule has 6 heteroatoms. The standard InChI is InChI=1S/C112H80BN5/c1-110(2,3)76-54-60-101-92(64-76)87-43-23-28-52-99(87)116(101)79-56-57-96-102(67-79)117(108-81(71-31-11-7-12-32-71)45-30-46-82(108)72-33-13-8-14-34-72)104-62-75(80-44-29-47-88-85-41-21-26-50-95(85)112(106(80)88)93-48-24-19-39-83(93)84-40-20-25-49-94(84)112)63-105-107(104)113(96)97-58-55-78(115-98-51-27-22-42-86(98)91-61-70(69-114)53-59-100(91)115)68-103(97)118(105)109-89(73-35-15-9-16-36-73)65-77(111(4,5)6)66-90(109)74-37-17-10-18-38-74/h7-68H,1-6H3/i22D,23D,27D,28D,42D,43D,51D,52D,53D,54D,59D,60D,61D,64D. The minimum absolute atomic E-state index is 0.0186. The number of nitrogens with zero attached hydrogens (tertiary/aromatic N) is 5. The van der Waals surface area contributed by atoms with E-state index >= 15 is 0 Å². The lowest BCUT2D eigenvalue weighted by atomic mass is 9.33. The second kappa shape index (κ2) is 26.0. The van der Waals surface area contributed by atoms with E-state index in [1.54, 1.807) is 9.13 Å². The van der Waals surface area contributed by atoms with Crippen molar-refractivity contribution in [3.63, 3.8) is 0 Å². The largest absolute Gasteiger partial charge is 0.310 e. The van der Waals surface area contributed by atoms with Gasteiger partial charge in [0, 0.05) is 77.9 Å². The molecule has 2 aromatic heterocycles. The van der Waals surface area contributed by atoms with Crippen LogP contribution in [-0.4, -0.2) is 15.8 Å². The molecule has 0 saturated heterocycles. The minimum Gasteiger partial charge on any atom is -0.310 e. The lowest BCUT2D eigenvalue weighted by molar-refractivity contribution is 0.590. The van der Waals surface area contributed by atoms with Gasteiger partial charge >= 0.3 is 0 Å². The summed E-state index contributed by atoms with van der Waals surface area (Å²) in [5.41, 5.74) is 23.0. The maximum Gasteiger partial charge on any atom is 0.252 e. The third kappa shape index (κ3) is 10.1. The topological polar surface area (TPSA) is 40.1 Å². The minimum atomic E-state index is -0.919. The molecule has 5 nitrogen and oxygen atoms in total. The van der Waals surface area contributed by atoms with Gasteiger partial charge in [-0.2, -0.15) is 5.26 Å². The van der Waals surface area contributed by atoms with Crippen molar-refractivity contribution in [1.29, 1.82) is 5.26 Å². The molecule has 4 heterocycles. The molecule has 0 amide bonds. The van der Waals surface area contributed by atoms with Gasteiger partial charge in [-0.3, -0.25) is 0 Å². The SMILES string of the molecule is [2H]c1c([2H])c([2H])c2c(c1[2H])c1c([2H])c(C#N)c([2H])c([2H])c1n2-c1ccc2c(c1)N(c1c(-c3ccccc3)cc(C(C)(C)C)cc1-c1ccccc1)c1cc(-c3cccc4c3C3(c5ccccc5-c5ccccc53)c3ccccc3-4)cc3c1B2c1ccc(-n2c4c([2H])c([2H])c([2H])c([2H])c4c4c([2H])c(C(C)(C)C)c([2H])c([2H])c42)cc1N3c1c(-c2ccccc2)cccc1-c1ccccc1. The van der Waals surface area contributed by atoms with Gasteiger partial charge in [0.2, 0.25) is 0 Å². The van der Waals surface area contributed by atoms with Crippen molar-refractivity contribution < 1.29 is 19.2 Å². The number of hydrogen-bond acceptors (Lipinski definition) is 3. The summed E-state index contributed by atoms with van der Waals surface area (Å²) in [6.45, 7) is 11.5. The molecular formula is C112H80BN5. The maximum atomic E-state index is 10.9. The summed E-state index contributed by atoms with van der Waals surface area (Å²) < 4.78 is 141. The van der Waals surface area contributed by atoms with Gasteiger partial charge in [0.05, 0.1) is 69.7 Å². The van der Waals surface area contributed by atoms with Crippen LogP contribution < -0.4 is 26.2 Å². The van der Waals surface area contributed by atoms with Gasteiger partial charge in [-0.05, 0) is 207 Å². The molecule has 4 aliphatic rings. The van der Waals surface area contributed by atoms with E-state index in [4.69, 9.17) is 0 Å². The zero-order valence-corrected chi connectivity index (χ0v) is 65.5. The average Bonchev–Trinajstić information content (AvgIpc) is 1.46. The van der Waals surface area contributed by atoms with E-state index in [2.05, 4.69) is 219 Å². The third-order valence-corrected chi connectivity index (χ3v) is 24.9. The summed E-state index contributed by atoms with van der Waals surface area (Å²) in [5.74, 6) is 0. The molecule has 19 aromatic rings. The van der Waals surface area contributed by atoms with Crippen LogP contribution in [0.25, 0.3) is 133 Å². The Morgan fingerprint density at radius 1 is 0.322 bits per heavy atom. The van der Waals surface area contributed by atoms with Gasteiger partial charge in [-0.15, -0.1) is 0 Å². The highest BCUT2D eigenvalue weighted by molar-refractivity contribution is 7.00. The Morgan fingerprint density at radius 3 is 1.19 bits per heavy atom. The summed E-state index contributed by atoms with van der Waals surface area (Å²) in [6, 6.07) is 98.1. The second-order valence-corrected chi connectivity index (χ2v) is 33.4. The highest BCUT2D eigenvalue weighted by atomic mass is 15.2. The molecule has 118 heavy (non-hydrogen) atoms. The third-order valence-electron chi connectivity index (χ3n) is 24.9. The average molecular weight is 1520 g/mol. The first-order valence-corrected chi connectivity index (χ1v) is 40.2. The fourth-order valence-corrected chi connectivity index (χ4v) is 19.7. The number of fused-ring (bicyclic) bond motifs is 20.